The molecule has 0 fully saturated rings. The fraction of sp³-hybridized carbons (Fsp3) is 0.316. The summed E-state index contributed by atoms with van der Waals surface area (Å²) in [5.74, 6) is 0.513. The molecule has 0 saturated carbocycles. The van der Waals surface area contributed by atoms with Crippen molar-refractivity contribution < 1.29 is 9.53 Å². The number of hydrogen-bond donors (Lipinski definition) is 1. The number of nitrogens with one attached hydrogen (secondary N) is 1. The number of ether oxygens (including phenoxy) is 1. The maximum Gasteiger partial charge on any atom is 0.255 e. The van der Waals surface area contributed by atoms with Gasteiger partial charge in [0, 0.05) is 10.5 Å². The van der Waals surface area contributed by atoms with E-state index in [1.54, 1.807) is 6.07 Å². The van der Waals surface area contributed by atoms with Gasteiger partial charge < -0.3 is 10.1 Å². The van der Waals surface area contributed by atoms with Crippen LogP contribution in [-0.2, 0) is 6.42 Å². The van der Waals surface area contributed by atoms with Crippen LogP contribution in [0.15, 0.2) is 53.0 Å². The van der Waals surface area contributed by atoms with E-state index < -0.39 is 0 Å². The van der Waals surface area contributed by atoms with Crippen LogP contribution in [-0.4, -0.2) is 18.6 Å². The second-order valence-corrected chi connectivity index (χ2v) is 6.39. The van der Waals surface area contributed by atoms with Gasteiger partial charge in [0.15, 0.2) is 0 Å². The summed E-state index contributed by atoms with van der Waals surface area (Å²) in [5, 5.41) is 3.05. The summed E-state index contributed by atoms with van der Waals surface area (Å²) in [7, 11) is 0. The van der Waals surface area contributed by atoms with Gasteiger partial charge in [-0.15, -0.1) is 0 Å². The van der Waals surface area contributed by atoms with Gasteiger partial charge in [-0.05, 0) is 50.5 Å². The van der Waals surface area contributed by atoms with Crippen LogP contribution in [0.2, 0.25) is 0 Å². The van der Waals surface area contributed by atoms with Crippen molar-refractivity contribution in [3.8, 4) is 5.75 Å². The van der Waals surface area contributed by atoms with E-state index in [2.05, 4.69) is 33.4 Å². The molecule has 0 bridgehead atoms. The van der Waals surface area contributed by atoms with Gasteiger partial charge in [0.1, 0.15) is 5.75 Å². The molecule has 0 spiro atoms. The number of carbonyl (C=O) groups is 1. The van der Waals surface area contributed by atoms with Crippen LogP contribution < -0.4 is 10.1 Å². The highest BCUT2D eigenvalue weighted by Crippen LogP contribution is 2.23. The molecule has 2 rings (SSSR count). The van der Waals surface area contributed by atoms with E-state index in [4.69, 9.17) is 4.74 Å². The SMILES string of the molecule is CCOc1ccc(Br)cc1C(=O)N[C@@H](C)CCc1ccccc1. The first-order chi connectivity index (χ1) is 11.1. The van der Waals surface area contributed by atoms with Crippen LogP contribution in [0, 0.1) is 0 Å². The zero-order chi connectivity index (χ0) is 16.7. The van der Waals surface area contributed by atoms with E-state index in [0.717, 1.165) is 17.3 Å². The second-order valence-electron chi connectivity index (χ2n) is 5.47. The number of benzene rings is 2. The zero-order valence-corrected chi connectivity index (χ0v) is 15.1. The van der Waals surface area contributed by atoms with Gasteiger partial charge in [-0.3, -0.25) is 4.79 Å². The fourth-order valence-corrected chi connectivity index (χ4v) is 2.72. The summed E-state index contributed by atoms with van der Waals surface area (Å²) >= 11 is 3.41. The highest BCUT2D eigenvalue weighted by molar-refractivity contribution is 9.10. The third-order valence-corrected chi connectivity index (χ3v) is 4.07. The molecule has 122 valence electrons. The molecule has 0 unspecified atom stereocenters. The predicted molar refractivity (Wildman–Crippen MR) is 97.0 cm³/mol. The number of halogens is 1. The average Bonchev–Trinajstić information content (AvgIpc) is 2.55. The molecule has 0 aromatic heterocycles. The number of rotatable bonds is 7. The van der Waals surface area contributed by atoms with Crippen LogP contribution in [0.3, 0.4) is 0 Å². The Morgan fingerprint density at radius 2 is 1.96 bits per heavy atom. The summed E-state index contributed by atoms with van der Waals surface area (Å²) in [4.78, 5) is 12.5. The fourth-order valence-electron chi connectivity index (χ4n) is 2.36. The van der Waals surface area contributed by atoms with Crippen molar-refractivity contribution in [2.24, 2.45) is 0 Å². The Bertz CT molecular complexity index is 643. The molecule has 0 heterocycles. The summed E-state index contributed by atoms with van der Waals surface area (Å²) < 4.78 is 6.41. The van der Waals surface area contributed by atoms with Gasteiger partial charge in [0.05, 0.1) is 12.2 Å². The monoisotopic (exact) mass is 375 g/mol. The molecular weight excluding hydrogens is 354 g/mol. The second kappa shape index (κ2) is 8.73. The Morgan fingerprint density at radius 3 is 2.65 bits per heavy atom. The van der Waals surface area contributed by atoms with Crippen molar-refractivity contribution >= 4 is 21.8 Å². The lowest BCUT2D eigenvalue weighted by Crippen LogP contribution is -2.33. The van der Waals surface area contributed by atoms with E-state index in [0.29, 0.717) is 17.9 Å². The average molecular weight is 376 g/mol. The Labute approximate surface area is 146 Å². The first-order valence-corrected chi connectivity index (χ1v) is 8.66. The molecule has 1 N–H and O–H groups in total. The largest absolute Gasteiger partial charge is 0.493 e. The van der Waals surface area contributed by atoms with Gasteiger partial charge in [-0.2, -0.15) is 0 Å². The lowest BCUT2D eigenvalue weighted by molar-refractivity contribution is 0.0934. The van der Waals surface area contributed by atoms with Crippen molar-refractivity contribution in [1.82, 2.24) is 5.32 Å². The summed E-state index contributed by atoms with van der Waals surface area (Å²) in [6, 6.07) is 15.9. The first kappa shape index (κ1) is 17.5. The minimum Gasteiger partial charge on any atom is -0.493 e. The minimum atomic E-state index is -0.102. The molecule has 2 aromatic rings. The maximum atomic E-state index is 12.5. The smallest absolute Gasteiger partial charge is 0.255 e. The lowest BCUT2D eigenvalue weighted by Gasteiger charge is -2.16. The van der Waals surface area contributed by atoms with Gasteiger partial charge in [0.2, 0.25) is 0 Å². The van der Waals surface area contributed by atoms with Gasteiger partial charge in [-0.1, -0.05) is 46.3 Å². The van der Waals surface area contributed by atoms with E-state index in [1.165, 1.54) is 5.56 Å². The molecule has 0 aliphatic rings. The molecule has 0 radical (unpaired) electrons. The topological polar surface area (TPSA) is 38.3 Å². The van der Waals surface area contributed by atoms with E-state index in [-0.39, 0.29) is 11.9 Å². The summed E-state index contributed by atoms with van der Waals surface area (Å²) in [5.41, 5.74) is 1.85. The third-order valence-electron chi connectivity index (χ3n) is 3.57. The van der Waals surface area contributed by atoms with Gasteiger partial charge in [-0.25, -0.2) is 0 Å². The van der Waals surface area contributed by atoms with Crippen LogP contribution in [0.25, 0.3) is 0 Å². The van der Waals surface area contributed by atoms with E-state index >= 15 is 0 Å². The Hall–Kier alpha value is -1.81. The first-order valence-electron chi connectivity index (χ1n) is 7.87. The van der Waals surface area contributed by atoms with Crippen LogP contribution in [0.1, 0.15) is 36.2 Å². The van der Waals surface area contributed by atoms with Gasteiger partial charge in [0.25, 0.3) is 5.91 Å². The maximum absolute atomic E-state index is 12.5. The standard InChI is InChI=1S/C19H22BrNO2/c1-3-23-18-12-11-16(20)13-17(18)19(22)21-14(2)9-10-15-7-5-4-6-8-15/h4-8,11-14H,3,9-10H2,1-2H3,(H,21,22)/t14-/m0/s1. The number of carbonyl (C=O) groups excluding carboxylic acids is 1. The highest BCUT2D eigenvalue weighted by Gasteiger charge is 2.15. The van der Waals surface area contributed by atoms with E-state index in [9.17, 15) is 4.79 Å². The van der Waals surface area contributed by atoms with Crippen molar-refractivity contribution in [2.75, 3.05) is 6.61 Å². The molecule has 1 atom stereocenters. The molecule has 0 aliphatic carbocycles. The zero-order valence-electron chi connectivity index (χ0n) is 13.5. The molecule has 1 amide bonds. The number of hydrogen-bond acceptors (Lipinski definition) is 2. The molecular formula is C19H22BrNO2. The van der Waals surface area contributed by atoms with Crippen LogP contribution >= 0.6 is 15.9 Å². The lowest BCUT2D eigenvalue weighted by atomic mass is 10.1. The van der Waals surface area contributed by atoms with Crippen molar-refractivity contribution in [3.63, 3.8) is 0 Å². The van der Waals surface area contributed by atoms with E-state index in [1.807, 2.05) is 44.2 Å². The molecule has 0 aliphatic heterocycles. The normalized spacial score (nSPS) is 11.8. The quantitative estimate of drug-likeness (QED) is 0.767. The summed E-state index contributed by atoms with van der Waals surface area (Å²) in [6.45, 7) is 4.47. The molecule has 0 saturated heterocycles. The van der Waals surface area contributed by atoms with Crippen LogP contribution in [0.4, 0.5) is 0 Å². The van der Waals surface area contributed by atoms with Crippen molar-refractivity contribution in [1.29, 1.82) is 0 Å². The van der Waals surface area contributed by atoms with Crippen molar-refractivity contribution in [3.05, 3.63) is 64.1 Å². The Kier molecular flexibility index (Phi) is 6.66. The van der Waals surface area contributed by atoms with Crippen molar-refractivity contribution in [2.45, 2.75) is 32.7 Å². The highest BCUT2D eigenvalue weighted by atomic mass is 79.9. The summed E-state index contributed by atoms with van der Waals surface area (Å²) in [6.07, 6.45) is 1.84. The molecule has 3 nitrogen and oxygen atoms in total. The van der Waals surface area contributed by atoms with Crippen LogP contribution in [0.5, 0.6) is 5.75 Å². The Morgan fingerprint density at radius 1 is 1.22 bits per heavy atom. The predicted octanol–water partition coefficient (Wildman–Crippen LogP) is 4.60. The van der Waals surface area contributed by atoms with Gasteiger partial charge >= 0.3 is 0 Å². The minimum absolute atomic E-state index is 0.0937. The molecule has 23 heavy (non-hydrogen) atoms. The Balaban J connectivity index is 1.96. The molecule has 4 heteroatoms. The third kappa shape index (κ3) is 5.39. The molecule has 2 aromatic carbocycles. The number of aryl methyl sites for hydroxylation is 1. The number of amides is 1.